The van der Waals surface area contributed by atoms with Crippen LogP contribution in [-0.2, 0) is 24.1 Å². The van der Waals surface area contributed by atoms with E-state index in [2.05, 4.69) is 5.10 Å². The molecule has 0 amide bonds. The molecule has 0 bridgehead atoms. The Morgan fingerprint density at radius 3 is 2.69 bits per heavy atom. The molecule has 0 aromatic carbocycles. The van der Waals surface area contributed by atoms with Gasteiger partial charge in [-0.3, -0.25) is 4.68 Å². The fourth-order valence-electron chi connectivity index (χ4n) is 1.73. The van der Waals surface area contributed by atoms with Crippen LogP contribution in [-0.4, -0.2) is 29.5 Å². The van der Waals surface area contributed by atoms with Gasteiger partial charge in [-0.05, 0) is 13.3 Å². The summed E-state index contributed by atoms with van der Waals surface area (Å²) in [5.41, 5.74) is 7.90. The lowest BCUT2D eigenvalue weighted by molar-refractivity contribution is 0.179. The topological polar surface area (TPSA) is 53.1 Å². The fraction of sp³-hybridized carbons (Fsp3) is 0.727. The first-order valence-electron chi connectivity index (χ1n) is 5.62. The minimum absolute atomic E-state index is 0.0331. The van der Waals surface area contributed by atoms with E-state index in [0.29, 0.717) is 13.0 Å². The summed E-state index contributed by atoms with van der Waals surface area (Å²) in [6.45, 7) is 5.45. The van der Waals surface area contributed by atoms with Crippen molar-refractivity contribution in [1.29, 1.82) is 0 Å². The number of aryl methyl sites for hydroxylation is 2. The normalized spacial score (nSPS) is 13.1. The predicted octanol–water partition coefficient (Wildman–Crippen LogP) is 1.64. The van der Waals surface area contributed by atoms with Crippen molar-refractivity contribution in [1.82, 2.24) is 9.78 Å². The van der Waals surface area contributed by atoms with E-state index < -0.39 is 0 Å². The Kier molecular flexibility index (Phi) is 5.25. The van der Waals surface area contributed by atoms with Gasteiger partial charge in [-0.2, -0.15) is 5.10 Å². The molecule has 0 saturated heterocycles. The second-order valence-electron chi connectivity index (χ2n) is 3.80. The van der Waals surface area contributed by atoms with Gasteiger partial charge in [-0.25, -0.2) is 0 Å². The second-order valence-corrected chi connectivity index (χ2v) is 4.17. The standard InChI is InChI=1S/C11H20ClN3O/c1-4-9-11(12)10(15(5-2)14-9)6-8(13)7-16-3/h8H,4-7,13H2,1-3H3. The smallest absolute Gasteiger partial charge is 0.0850 e. The molecule has 16 heavy (non-hydrogen) atoms. The summed E-state index contributed by atoms with van der Waals surface area (Å²) in [6, 6.07) is -0.0331. The van der Waals surface area contributed by atoms with Gasteiger partial charge < -0.3 is 10.5 Å². The maximum atomic E-state index is 6.27. The molecule has 1 aromatic rings. The highest BCUT2D eigenvalue weighted by molar-refractivity contribution is 6.31. The van der Waals surface area contributed by atoms with Crippen molar-refractivity contribution in [2.75, 3.05) is 13.7 Å². The van der Waals surface area contributed by atoms with Crippen molar-refractivity contribution in [2.24, 2.45) is 5.73 Å². The van der Waals surface area contributed by atoms with Crippen LogP contribution in [0.5, 0.6) is 0 Å². The van der Waals surface area contributed by atoms with Gasteiger partial charge in [0.2, 0.25) is 0 Å². The van der Waals surface area contributed by atoms with Crippen LogP contribution in [0.3, 0.4) is 0 Å². The molecule has 1 unspecified atom stereocenters. The average molecular weight is 246 g/mol. The first-order valence-corrected chi connectivity index (χ1v) is 6.00. The number of ether oxygens (including phenoxy) is 1. The van der Waals surface area contributed by atoms with Crippen LogP contribution in [0, 0.1) is 0 Å². The lowest BCUT2D eigenvalue weighted by Gasteiger charge is -2.11. The molecule has 1 aromatic heterocycles. The molecule has 0 aliphatic heterocycles. The minimum atomic E-state index is -0.0331. The second kappa shape index (κ2) is 6.23. The van der Waals surface area contributed by atoms with E-state index in [1.165, 1.54) is 0 Å². The van der Waals surface area contributed by atoms with Crippen molar-refractivity contribution in [3.63, 3.8) is 0 Å². The molecule has 1 atom stereocenters. The number of hydrogen-bond donors (Lipinski definition) is 1. The third-order valence-corrected chi connectivity index (χ3v) is 2.97. The minimum Gasteiger partial charge on any atom is -0.383 e. The van der Waals surface area contributed by atoms with E-state index >= 15 is 0 Å². The number of halogens is 1. The zero-order chi connectivity index (χ0) is 12.1. The molecule has 92 valence electrons. The van der Waals surface area contributed by atoms with E-state index in [1.54, 1.807) is 7.11 Å². The summed E-state index contributed by atoms with van der Waals surface area (Å²) in [5, 5.41) is 5.21. The molecule has 0 saturated carbocycles. The molecule has 2 N–H and O–H groups in total. The Labute approximate surface area is 102 Å². The SMILES string of the molecule is CCc1nn(CC)c(CC(N)COC)c1Cl. The summed E-state index contributed by atoms with van der Waals surface area (Å²) in [4.78, 5) is 0. The van der Waals surface area contributed by atoms with Crippen LogP contribution in [0.1, 0.15) is 25.2 Å². The summed E-state index contributed by atoms with van der Waals surface area (Å²) >= 11 is 6.27. The number of rotatable bonds is 6. The quantitative estimate of drug-likeness (QED) is 0.829. The zero-order valence-electron chi connectivity index (χ0n) is 10.2. The van der Waals surface area contributed by atoms with Gasteiger partial charge in [0.05, 0.1) is 23.0 Å². The monoisotopic (exact) mass is 245 g/mol. The lowest BCUT2D eigenvalue weighted by Crippen LogP contribution is -2.29. The van der Waals surface area contributed by atoms with Gasteiger partial charge in [0.1, 0.15) is 0 Å². The van der Waals surface area contributed by atoms with Gasteiger partial charge in [-0.15, -0.1) is 0 Å². The largest absolute Gasteiger partial charge is 0.383 e. The maximum absolute atomic E-state index is 6.27. The van der Waals surface area contributed by atoms with Crippen LogP contribution < -0.4 is 5.73 Å². The number of aromatic nitrogens is 2. The Bertz CT molecular complexity index is 338. The Morgan fingerprint density at radius 2 is 2.19 bits per heavy atom. The van der Waals surface area contributed by atoms with E-state index in [1.807, 2.05) is 18.5 Å². The molecule has 1 rings (SSSR count). The summed E-state index contributed by atoms with van der Waals surface area (Å²) < 4.78 is 6.95. The van der Waals surface area contributed by atoms with Crippen LogP contribution in [0.2, 0.25) is 5.02 Å². The van der Waals surface area contributed by atoms with Crippen molar-refractivity contribution in [2.45, 2.75) is 39.3 Å². The first kappa shape index (κ1) is 13.5. The van der Waals surface area contributed by atoms with Gasteiger partial charge in [0.15, 0.2) is 0 Å². The Hall–Kier alpha value is -0.580. The van der Waals surface area contributed by atoms with Crippen molar-refractivity contribution < 1.29 is 4.74 Å². The third-order valence-electron chi connectivity index (χ3n) is 2.53. The Morgan fingerprint density at radius 1 is 1.50 bits per heavy atom. The molecule has 1 heterocycles. The van der Waals surface area contributed by atoms with Gasteiger partial charge in [-0.1, -0.05) is 18.5 Å². The predicted molar refractivity (Wildman–Crippen MR) is 65.8 cm³/mol. The molecule has 0 spiro atoms. The number of nitrogens with two attached hydrogens (primary N) is 1. The first-order chi connectivity index (χ1) is 7.63. The highest BCUT2D eigenvalue weighted by Gasteiger charge is 2.16. The molecule has 0 aliphatic carbocycles. The van der Waals surface area contributed by atoms with Crippen LogP contribution >= 0.6 is 11.6 Å². The maximum Gasteiger partial charge on any atom is 0.0850 e. The van der Waals surface area contributed by atoms with Crippen molar-refractivity contribution in [3.8, 4) is 0 Å². The molecule has 0 radical (unpaired) electrons. The number of nitrogens with zero attached hydrogens (tertiary/aromatic N) is 2. The summed E-state index contributed by atoms with van der Waals surface area (Å²) in [6.07, 6.45) is 1.55. The third kappa shape index (κ3) is 2.97. The zero-order valence-corrected chi connectivity index (χ0v) is 10.9. The Balaban J connectivity index is 2.88. The van der Waals surface area contributed by atoms with Gasteiger partial charge in [0, 0.05) is 26.1 Å². The van der Waals surface area contributed by atoms with E-state index in [-0.39, 0.29) is 6.04 Å². The van der Waals surface area contributed by atoms with E-state index in [0.717, 1.165) is 29.4 Å². The van der Waals surface area contributed by atoms with Gasteiger partial charge >= 0.3 is 0 Å². The van der Waals surface area contributed by atoms with Crippen LogP contribution in [0.4, 0.5) is 0 Å². The molecule has 5 heteroatoms. The number of hydrogen-bond acceptors (Lipinski definition) is 3. The van der Waals surface area contributed by atoms with E-state index in [9.17, 15) is 0 Å². The van der Waals surface area contributed by atoms with Crippen molar-refractivity contribution >= 4 is 11.6 Å². The van der Waals surface area contributed by atoms with Crippen molar-refractivity contribution in [3.05, 3.63) is 16.4 Å². The summed E-state index contributed by atoms with van der Waals surface area (Å²) in [5.74, 6) is 0. The molecule has 0 fully saturated rings. The van der Waals surface area contributed by atoms with Crippen LogP contribution in [0.25, 0.3) is 0 Å². The van der Waals surface area contributed by atoms with E-state index in [4.69, 9.17) is 22.1 Å². The number of methoxy groups -OCH3 is 1. The van der Waals surface area contributed by atoms with Crippen LogP contribution in [0.15, 0.2) is 0 Å². The molecule has 0 aliphatic rings. The fourth-order valence-corrected chi connectivity index (χ4v) is 2.08. The molecular formula is C11H20ClN3O. The lowest BCUT2D eigenvalue weighted by atomic mass is 10.1. The summed E-state index contributed by atoms with van der Waals surface area (Å²) in [7, 11) is 1.65. The molecular weight excluding hydrogens is 226 g/mol. The average Bonchev–Trinajstić information content (AvgIpc) is 2.56. The van der Waals surface area contributed by atoms with Gasteiger partial charge in [0.25, 0.3) is 0 Å². The highest BCUT2D eigenvalue weighted by Crippen LogP contribution is 2.22. The highest BCUT2D eigenvalue weighted by atomic mass is 35.5. The molecule has 4 nitrogen and oxygen atoms in total.